The molecular formula is C21H22BrNO4. The number of hydrogen-bond acceptors (Lipinski definition) is 4. The lowest BCUT2D eigenvalue weighted by atomic mass is 9.88. The van der Waals surface area contributed by atoms with Gasteiger partial charge < -0.3 is 14.7 Å². The zero-order valence-electron chi connectivity index (χ0n) is 15.4. The van der Waals surface area contributed by atoms with Crippen molar-refractivity contribution in [2.45, 2.75) is 31.8 Å². The summed E-state index contributed by atoms with van der Waals surface area (Å²) in [6.07, 6.45) is 1.41. The molecule has 2 aromatic rings. The molecule has 142 valence electrons. The number of nitrogens with zero attached hydrogens (tertiary/aromatic N) is 1. The summed E-state index contributed by atoms with van der Waals surface area (Å²) in [5.74, 6) is -0.368. The Kier molecular flexibility index (Phi) is 5.67. The number of ketones is 1. The molecule has 0 unspecified atom stereocenters. The van der Waals surface area contributed by atoms with Crippen molar-refractivity contribution in [1.29, 1.82) is 0 Å². The van der Waals surface area contributed by atoms with Crippen LogP contribution in [-0.2, 0) is 10.4 Å². The lowest BCUT2D eigenvalue weighted by molar-refractivity contribution is -0.135. The van der Waals surface area contributed by atoms with Gasteiger partial charge in [-0.3, -0.25) is 9.59 Å². The van der Waals surface area contributed by atoms with Crippen molar-refractivity contribution < 1.29 is 19.4 Å². The van der Waals surface area contributed by atoms with Gasteiger partial charge in [-0.2, -0.15) is 0 Å². The lowest BCUT2D eigenvalue weighted by Gasteiger charge is -2.23. The van der Waals surface area contributed by atoms with Gasteiger partial charge in [-0.25, -0.2) is 0 Å². The number of Topliss-reactive ketones (excluding diaryl/α,β-unsaturated/α-hetero) is 1. The van der Waals surface area contributed by atoms with Gasteiger partial charge in [-0.15, -0.1) is 0 Å². The van der Waals surface area contributed by atoms with Gasteiger partial charge in [0.25, 0.3) is 5.91 Å². The molecule has 6 heteroatoms. The summed E-state index contributed by atoms with van der Waals surface area (Å²) in [6, 6.07) is 12.2. The number of hydrogen-bond donors (Lipinski definition) is 1. The molecule has 0 radical (unpaired) electrons. The number of anilines is 1. The molecule has 5 nitrogen and oxygen atoms in total. The second-order valence-electron chi connectivity index (χ2n) is 6.63. The predicted molar refractivity (Wildman–Crippen MR) is 107 cm³/mol. The highest BCUT2D eigenvalue weighted by molar-refractivity contribution is 9.10. The number of amides is 1. The zero-order chi connectivity index (χ0) is 19.6. The van der Waals surface area contributed by atoms with Crippen molar-refractivity contribution in [2.24, 2.45) is 0 Å². The van der Waals surface area contributed by atoms with Crippen molar-refractivity contribution in [1.82, 2.24) is 0 Å². The minimum Gasteiger partial charge on any atom is -0.496 e. The number of para-hydroxylation sites is 1. The Morgan fingerprint density at radius 3 is 2.70 bits per heavy atom. The summed E-state index contributed by atoms with van der Waals surface area (Å²) in [7, 11) is 1.49. The Morgan fingerprint density at radius 1 is 1.26 bits per heavy atom. The first-order chi connectivity index (χ1) is 12.9. The van der Waals surface area contributed by atoms with Crippen LogP contribution in [0.3, 0.4) is 0 Å². The van der Waals surface area contributed by atoms with E-state index in [4.69, 9.17) is 4.74 Å². The first kappa shape index (κ1) is 19.6. The molecule has 0 spiro atoms. The third kappa shape index (κ3) is 3.51. The topological polar surface area (TPSA) is 66.8 Å². The van der Waals surface area contributed by atoms with Crippen LogP contribution in [0.2, 0.25) is 0 Å². The average Bonchev–Trinajstić information content (AvgIpc) is 2.87. The van der Waals surface area contributed by atoms with Gasteiger partial charge in [0.15, 0.2) is 11.4 Å². The van der Waals surface area contributed by atoms with Gasteiger partial charge in [0.2, 0.25) is 0 Å². The normalized spacial score (nSPS) is 18.5. The van der Waals surface area contributed by atoms with Gasteiger partial charge in [-0.05, 0) is 36.8 Å². The Labute approximate surface area is 167 Å². The van der Waals surface area contributed by atoms with Crippen molar-refractivity contribution in [3.8, 4) is 5.75 Å². The van der Waals surface area contributed by atoms with E-state index in [9.17, 15) is 14.7 Å². The van der Waals surface area contributed by atoms with Crippen LogP contribution in [0, 0.1) is 0 Å². The Balaban J connectivity index is 2.00. The largest absolute Gasteiger partial charge is 0.496 e. The number of methoxy groups -OCH3 is 1. The fourth-order valence-corrected chi connectivity index (χ4v) is 3.80. The van der Waals surface area contributed by atoms with Gasteiger partial charge in [0.1, 0.15) is 5.75 Å². The Bertz CT molecular complexity index is 882. The Hall–Kier alpha value is -2.18. The van der Waals surface area contributed by atoms with Crippen molar-refractivity contribution in [3.63, 3.8) is 0 Å². The Morgan fingerprint density at radius 2 is 2.00 bits per heavy atom. The monoisotopic (exact) mass is 431 g/mol. The van der Waals surface area contributed by atoms with E-state index in [0.717, 1.165) is 17.3 Å². The highest BCUT2D eigenvalue weighted by Gasteiger charge is 2.51. The molecule has 1 atom stereocenters. The second-order valence-corrected chi connectivity index (χ2v) is 7.55. The molecule has 0 aromatic heterocycles. The smallest absolute Gasteiger partial charge is 0.264 e. The summed E-state index contributed by atoms with van der Waals surface area (Å²) in [6.45, 7) is 2.55. The number of carbonyl (C=O) groups is 2. The number of fused-ring (bicyclic) bond motifs is 1. The van der Waals surface area contributed by atoms with E-state index < -0.39 is 11.5 Å². The van der Waals surface area contributed by atoms with Crippen LogP contribution >= 0.6 is 15.9 Å². The molecule has 2 aromatic carbocycles. The maximum Gasteiger partial charge on any atom is 0.264 e. The molecule has 3 rings (SSSR count). The minimum absolute atomic E-state index is 0.335. The van der Waals surface area contributed by atoms with Crippen molar-refractivity contribution in [3.05, 3.63) is 58.1 Å². The molecule has 27 heavy (non-hydrogen) atoms. The van der Waals surface area contributed by atoms with E-state index in [1.807, 2.05) is 13.0 Å². The van der Waals surface area contributed by atoms with Crippen LogP contribution in [-0.4, -0.2) is 30.5 Å². The summed E-state index contributed by atoms with van der Waals surface area (Å²) >= 11 is 3.40. The molecule has 0 saturated carbocycles. The summed E-state index contributed by atoms with van der Waals surface area (Å²) in [5.41, 5.74) is -0.414. The molecule has 0 aliphatic carbocycles. The number of carbonyl (C=O) groups excluding carboxylic acids is 2. The molecule has 0 bridgehead atoms. The quantitative estimate of drug-likeness (QED) is 0.670. The van der Waals surface area contributed by atoms with E-state index in [1.165, 1.54) is 7.11 Å². The maximum absolute atomic E-state index is 13.1. The first-order valence-corrected chi connectivity index (χ1v) is 9.72. The van der Waals surface area contributed by atoms with Crippen molar-refractivity contribution >= 4 is 33.3 Å². The summed E-state index contributed by atoms with van der Waals surface area (Å²) in [4.78, 5) is 27.6. The molecule has 0 fully saturated rings. The molecule has 1 aliphatic heterocycles. The molecule has 1 amide bonds. The SMILES string of the molecule is CCCCN1C(=O)[C@](O)(CC(=O)c2ccccc2OC)c2cc(Br)ccc21. The summed E-state index contributed by atoms with van der Waals surface area (Å²) < 4.78 is 5.99. The van der Waals surface area contributed by atoms with E-state index in [0.29, 0.717) is 29.1 Å². The van der Waals surface area contributed by atoms with Crippen LogP contribution in [0.1, 0.15) is 42.1 Å². The second kappa shape index (κ2) is 7.82. The first-order valence-electron chi connectivity index (χ1n) is 8.93. The van der Waals surface area contributed by atoms with E-state index in [-0.39, 0.29) is 12.2 Å². The lowest BCUT2D eigenvalue weighted by Crippen LogP contribution is -2.42. The molecular weight excluding hydrogens is 410 g/mol. The molecule has 0 saturated heterocycles. The van der Waals surface area contributed by atoms with Gasteiger partial charge in [-0.1, -0.05) is 41.4 Å². The zero-order valence-corrected chi connectivity index (χ0v) is 17.0. The fourth-order valence-electron chi connectivity index (χ4n) is 3.43. The average molecular weight is 432 g/mol. The number of unbranched alkanes of at least 4 members (excludes halogenated alkanes) is 1. The third-order valence-electron chi connectivity index (χ3n) is 4.85. The highest BCUT2D eigenvalue weighted by atomic mass is 79.9. The number of aliphatic hydroxyl groups is 1. The molecule has 1 heterocycles. The highest BCUT2D eigenvalue weighted by Crippen LogP contribution is 2.44. The van der Waals surface area contributed by atoms with Gasteiger partial charge in [0.05, 0.1) is 24.8 Å². The molecule has 1 aliphatic rings. The number of halogens is 1. The van der Waals surface area contributed by atoms with Gasteiger partial charge >= 0.3 is 0 Å². The molecule has 1 N–H and O–H groups in total. The number of ether oxygens (including phenoxy) is 1. The van der Waals surface area contributed by atoms with Crippen LogP contribution in [0.25, 0.3) is 0 Å². The predicted octanol–water partition coefficient (Wildman–Crippen LogP) is 4.07. The van der Waals surface area contributed by atoms with E-state index >= 15 is 0 Å². The van der Waals surface area contributed by atoms with Crippen molar-refractivity contribution in [2.75, 3.05) is 18.6 Å². The third-order valence-corrected chi connectivity index (χ3v) is 5.35. The van der Waals surface area contributed by atoms with Gasteiger partial charge in [0, 0.05) is 16.6 Å². The van der Waals surface area contributed by atoms with E-state index in [1.54, 1.807) is 41.3 Å². The fraction of sp³-hybridized carbons (Fsp3) is 0.333. The minimum atomic E-state index is -1.88. The summed E-state index contributed by atoms with van der Waals surface area (Å²) in [5, 5.41) is 11.3. The van der Waals surface area contributed by atoms with Crippen LogP contribution in [0.5, 0.6) is 5.75 Å². The number of benzene rings is 2. The van der Waals surface area contributed by atoms with Crippen LogP contribution in [0.15, 0.2) is 46.9 Å². The standard InChI is InChI=1S/C21H22BrNO4/c1-3-4-11-23-17-10-9-14(22)12-16(17)21(26,20(23)25)13-18(24)15-7-5-6-8-19(15)27-2/h5-10,12,26H,3-4,11,13H2,1-2H3/t21-/m0/s1. The van der Waals surface area contributed by atoms with Crippen LogP contribution in [0.4, 0.5) is 5.69 Å². The van der Waals surface area contributed by atoms with Crippen LogP contribution < -0.4 is 9.64 Å². The van der Waals surface area contributed by atoms with E-state index in [2.05, 4.69) is 15.9 Å². The number of rotatable bonds is 7. The maximum atomic E-state index is 13.1.